The first-order valence-electron chi connectivity index (χ1n) is 10.2. The number of aliphatic hydroxyl groups excluding tert-OH is 1. The Labute approximate surface area is 186 Å². The van der Waals surface area contributed by atoms with E-state index in [0.29, 0.717) is 22.6 Å². The second kappa shape index (κ2) is 9.74. The minimum atomic E-state index is -0.883. The largest absolute Gasteiger partial charge is 0.508 e. The van der Waals surface area contributed by atoms with E-state index >= 15 is 0 Å². The van der Waals surface area contributed by atoms with Crippen LogP contribution in [0, 0.1) is 0 Å². The van der Waals surface area contributed by atoms with Crippen LogP contribution in [-0.2, 0) is 14.3 Å². The Kier molecular flexibility index (Phi) is 7.05. The zero-order valence-corrected chi connectivity index (χ0v) is 18.5. The number of carbonyl (C=O) groups excluding carboxylic acids is 2. The van der Waals surface area contributed by atoms with Gasteiger partial charge in [0.05, 0.1) is 38.5 Å². The normalized spacial score (nSPS) is 17.8. The Bertz CT molecular complexity index is 1040. The minimum absolute atomic E-state index is 0.0161. The molecule has 0 saturated carbocycles. The molecule has 2 N–H and O–H groups in total. The summed E-state index contributed by atoms with van der Waals surface area (Å²) >= 11 is 0. The van der Waals surface area contributed by atoms with Crippen molar-refractivity contribution >= 4 is 17.4 Å². The second-order valence-corrected chi connectivity index (χ2v) is 7.58. The van der Waals surface area contributed by atoms with Gasteiger partial charge in [0.1, 0.15) is 11.5 Å². The lowest BCUT2D eigenvalue weighted by Gasteiger charge is -2.25. The Hall–Kier alpha value is -3.52. The maximum Gasteiger partial charge on any atom is 0.295 e. The Morgan fingerprint density at radius 3 is 2.41 bits per heavy atom. The molecule has 32 heavy (non-hydrogen) atoms. The third-order valence-electron chi connectivity index (χ3n) is 5.17. The van der Waals surface area contributed by atoms with E-state index in [4.69, 9.17) is 14.2 Å². The van der Waals surface area contributed by atoms with Gasteiger partial charge in [-0.2, -0.15) is 0 Å². The maximum atomic E-state index is 13.0. The number of hydrogen-bond acceptors (Lipinski definition) is 7. The lowest BCUT2D eigenvalue weighted by atomic mass is 9.95. The van der Waals surface area contributed by atoms with Crippen molar-refractivity contribution in [1.82, 2.24) is 4.90 Å². The number of likely N-dealkylation sites (tertiary alicyclic amines) is 1. The number of amides is 1. The molecule has 0 bridgehead atoms. The SMILES string of the molecule is COc1ccc(/C(O)=C2/C(=O)C(=O)N(CCOC(C)C)C2c2cccc(O)c2)cc1OC. The predicted molar refractivity (Wildman–Crippen MR) is 118 cm³/mol. The van der Waals surface area contributed by atoms with Gasteiger partial charge in [0.25, 0.3) is 11.7 Å². The molecule has 2 aromatic rings. The molecule has 8 heteroatoms. The second-order valence-electron chi connectivity index (χ2n) is 7.58. The number of carbonyl (C=O) groups is 2. The number of phenols is 1. The fourth-order valence-corrected chi connectivity index (χ4v) is 3.68. The molecule has 8 nitrogen and oxygen atoms in total. The summed E-state index contributed by atoms with van der Waals surface area (Å²) in [6, 6.07) is 10.1. The van der Waals surface area contributed by atoms with Crippen molar-refractivity contribution < 1.29 is 34.0 Å². The van der Waals surface area contributed by atoms with Gasteiger partial charge in [-0.25, -0.2) is 0 Å². The third-order valence-corrected chi connectivity index (χ3v) is 5.17. The molecule has 1 aliphatic heterocycles. The van der Waals surface area contributed by atoms with Crippen LogP contribution in [0.2, 0.25) is 0 Å². The van der Waals surface area contributed by atoms with Crippen LogP contribution in [0.5, 0.6) is 17.2 Å². The van der Waals surface area contributed by atoms with Crippen LogP contribution in [-0.4, -0.2) is 60.3 Å². The molecule has 1 saturated heterocycles. The van der Waals surface area contributed by atoms with Gasteiger partial charge < -0.3 is 29.3 Å². The first-order chi connectivity index (χ1) is 15.3. The number of methoxy groups -OCH3 is 2. The summed E-state index contributed by atoms with van der Waals surface area (Å²) in [6.07, 6.45) is -0.0437. The Morgan fingerprint density at radius 1 is 1.06 bits per heavy atom. The summed E-state index contributed by atoms with van der Waals surface area (Å²) in [5.41, 5.74) is 0.720. The molecule has 1 fully saturated rings. The van der Waals surface area contributed by atoms with Crippen LogP contribution in [0.3, 0.4) is 0 Å². The van der Waals surface area contributed by atoms with Crippen molar-refractivity contribution in [2.75, 3.05) is 27.4 Å². The summed E-state index contributed by atoms with van der Waals surface area (Å²) < 4.78 is 16.1. The number of benzene rings is 2. The standard InChI is InChI=1S/C24H27NO7/c1-14(2)32-11-10-25-21(15-6-5-7-17(26)12-15)20(23(28)24(25)29)22(27)16-8-9-18(30-3)19(13-16)31-4/h5-9,12-14,21,26-27H,10-11H2,1-4H3/b22-20-. The summed E-state index contributed by atoms with van der Waals surface area (Å²) in [7, 11) is 2.95. The van der Waals surface area contributed by atoms with Crippen molar-refractivity contribution in [2.45, 2.75) is 26.0 Å². The zero-order chi connectivity index (χ0) is 23.4. The fourth-order valence-electron chi connectivity index (χ4n) is 3.68. The highest BCUT2D eigenvalue weighted by atomic mass is 16.5. The van der Waals surface area contributed by atoms with Gasteiger partial charge in [0.2, 0.25) is 0 Å². The van der Waals surface area contributed by atoms with Crippen molar-refractivity contribution in [3.05, 3.63) is 59.2 Å². The predicted octanol–water partition coefficient (Wildman–Crippen LogP) is 3.26. The number of phenolic OH excluding ortho intramolecular Hbond substituents is 1. The molecule has 0 spiro atoms. The zero-order valence-electron chi connectivity index (χ0n) is 18.5. The van der Waals surface area contributed by atoms with Crippen LogP contribution in [0.15, 0.2) is 48.0 Å². The average Bonchev–Trinajstić information content (AvgIpc) is 3.02. The smallest absolute Gasteiger partial charge is 0.295 e. The molecule has 0 radical (unpaired) electrons. The highest BCUT2D eigenvalue weighted by Crippen LogP contribution is 2.41. The number of ether oxygens (including phenoxy) is 3. The summed E-state index contributed by atoms with van der Waals surface area (Å²) in [4.78, 5) is 27.2. The van der Waals surface area contributed by atoms with Crippen LogP contribution in [0.1, 0.15) is 31.0 Å². The van der Waals surface area contributed by atoms with Crippen molar-refractivity contribution in [3.63, 3.8) is 0 Å². The van der Waals surface area contributed by atoms with E-state index in [-0.39, 0.29) is 36.3 Å². The number of Topliss-reactive ketones (excluding diaryl/α,β-unsaturated/α-hetero) is 1. The van der Waals surface area contributed by atoms with Gasteiger partial charge >= 0.3 is 0 Å². The third kappa shape index (κ3) is 4.55. The Morgan fingerprint density at radius 2 is 1.78 bits per heavy atom. The number of hydrogen-bond donors (Lipinski definition) is 2. The summed E-state index contributed by atoms with van der Waals surface area (Å²) in [5.74, 6) is -1.09. The first kappa shape index (κ1) is 23.1. The summed E-state index contributed by atoms with van der Waals surface area (Å²) in [6.45, 7) is 4.11. The van der Waals surface area contributed by atoms with Gasteiger partial charge in [0, 0.05) is 12.1 Å². The monoisotopic (exact) mass is 441 g/mol. The van der Waals surface area contributed by atoms with Gasteiger partial charge in [0.15, 0.2) is 11.5 Å². The van der Waals surface area contributed by atoms with E-state index in [1.165, 1.54) is 37.3 Å². The lowest BCUT2D eigenvalue weighted by Crippen LogP contribution is -2.33. The van der Waals surface area contributed by atoms with Crippen molar-refractivity contribution in [3.8, 4) is 17.2 Å². The molecule has 1 aliphatic rings. The van der Waals surface area contributed by atoms with E-state index in [2.05, 4.69) is 0 Å². The van der Waals surface area contributed by atoms with E-state index in [0.717, 1.165) is 0 Å². The molecule has 170 valence electrons. The fraction of sp³-hybridized carbons (Fsp3) is 0.333. The molecule has 1 unspecified atom stereocenters. The molecule has 1 amide bonds. The minimum Gasteiger partial charge on any atom is -0.508 e. The highest BCUT2D eigenvalue weighted by molar-refractivity contribution is 6.46. The molecule has 1 atom stereocenters. The number of aromatic hydroxyl groups is 1. The number of rotatable bonds is 8. The van der Waals surface area contributed by atoms with Gasteiger partial charge in [-0.3, -0.25) is 9.59 Å². The van der Waals surface area contributed by atoms with Gasteiger partial charge in [-0.15, -0.1) is 0 Å². The van der Waals surface area contributed by atoms with Crippen molar-refractivity contribution in [2.24, 2.45) is 0 Å². The highest BCUT2D eigenvalue weighted by Gasteiger charge is 2.46. The maximum absolute atomic E-state index is 13.0. The van der Waals surface area contributed by atoms with Crippen LogP contribution < -0.4 is 9.47 Å². The molecule has 3 rings (SSSR count). The van der Waals surface area contributed by atoms with E-state index < -0.39 is 17.7 Å². The van der Waals surface area contributed by atoms with Crippen LogP contribution in [0.4, 0.5) is 0 Å². The van der Waals surface area contributed by atoms with Crippen LogP contribution in [0.25, 0.3) is 5.76 Å². The van der Waals surface area contributed by atoms with E-state index in [9.17, 15) is 19.8 Å². The van der Waals surface area contributed by atoms with Gasteiger partial charge in [-0.05, 0) is 49.7 Å². The van der Waals surface area contributed by atoms with Gasteiger partial charge in [-0.1, -0.05) is 12.1 Å². The number of aliphatic hydroxyl groups is 1. The van der Waals surface area contributed by atoms with Crippen molar-refractivity contribution in [1.29, 1.82) is 0 Å². The number of ketones is 1. The van der Waals surface area contributed by atoms with Crippen LogP contribution >= 0.6 is 0 Å². The molecule has 0 aromatic heterocycles. The lowest BCUT2D eigenvalue weighted by molar-refractivity contribution is -0.140. The quantitative estimate of drug-likeness (QED) is 0.368. The topological polar surface area (TPSA) is 106 Å². The van der Waals surface area contributed by atoms with E-state index in [1.807, 2.05) is 13.8 Å². The van der Waals surface area contributed by atoms with E-state index in [1.54, 1.807) is 24.3 Å². The number of nitrogens with zero attached hydrogens (tertiary/aromatic N) is 1. The molecule has 1 heterocycles. The average molecular weight is 441 g/mol. The molecule has 0 aliphatic carbocycles. The molecular weight excluding hydrogens is 414 g/mol. The first-order valence-corrected chi connectivity index (χ1v) is 10.2. The molecular formula is C24H27NO7. The molecule has 2 aromatic carbocycles. The summed E-state index contributed by atoms with van der Waals surface area (Å²) in [5, 5.41) is 21.1. The Balaban J connectivity index is 2.12.